The molecule has 1 saturated heterocycles. The van der Waals surface area contributed by atoms with Gasteiger partial charge in [-0.3, -0.25) is 14.5 Å². The molecule has 174 valence electrons. The molecule has 0 saturated carbocycles. The van der Waals surface area contributed by atoms with Crippen molar-refractivity contribution in [1.29, 1.82) is 0 Å². The SMILES string of the molecule is CCOc1cccc(N2C(=O)C(=O)/C(=C(\O)c3cccc4ccccc34)C2c2cccc(C)c2)c1. The molecule has 1 atom stereocenters. The van der Waals surface area contributed by atoms with Gasteiger partial charge in [0, 0.05) is 17.3 Å². The van der Waals surface area contributed by atoms with Crippen molar-refractivity contribution in [2.75, 3.05) is 11.5 Å². The Labute approximate surface area is 203 Å². The highest BCUT2D eigenvalue weighted by Gasteiger charge is 2.47. The molecule has 35 heavy (non-hydrogen) atoms. The van der Waals surface area contributed by atoms with E-state index in [4.69, 9.17) is 4.74 Å². The zero-order valence-corrected chi connectivity index (χ0v) is 19.6. The lowest BCUT2D eigenvalue weighted by Gasteiger charge is -2.26. The van der Waals surface area contributed by atoms with Crippen molar-refractivity contribution in [2.24, 2.45) is 0 Å². The number of aliphatic hydroxyl groups excluding tert-OH is 1. The van der Waals surface area contributed by atoms with Crippen LogP contribution in [0.4, 0.5) is 5.69 Å². The van der Waals surface area contributed by atoms with Gasteiger partial charge >= 0.3 is 0 Å². The summed E-state index contributed by atoms with van der Waals surface area (Å²) in [6.45, 7) is 4.32. The van der Waals surface area contributed by atoms with E-state index in [1.54, 1.807) is 30.3 Å². The van der Waals surface area contributed by atoms with Crippen LogP contribution in [0.3, 0.4) is 0 Å². The molecule has 0 radical (unpaired) electrons. The summed E-state index contributed by atoms with van der Waals surface area (Å²) in [5, 5.41) is 13.3. The number of ether oxygens (including phenoxy) is 1. The molecule has 1 amide bonds. The van der Waals surface area contributed by atoms with Crippen molar-refractivity contribution in [1.82, 2.24) is 0 Å². The first-order chi connectivity index (χ1) is 17.0. The predicted molar refractivity (Wildman–Crippen MR) is 138 cm³/mol. The fourth-order valence-corrected chi connectivity index (χ4v) is 4.72. The molecular formula is C30H25NO4. The lowest BCUT2D eigenvalue weighted by Crippen LogP contribution is -2.29. The molecule has 1 aliphatic heterocycles. The number of carbonyl (C=O) groups is 2. The van der Waals surface area contributed by atoms with Crippen LogP contribution in [-0.2, 0) is 9.59 Å². The Morgan fingerprint density at radius 2 is 1.66 bits per heavy atom. The first-order valence-corrected chi connectivity index (χ1v) is 11.6. The molecule has 4 aromatic rings. The number of nitrogens with zero attached hydrogens (tertiary/aromatic N) is 1. The number of fused-ring (bicyclic) bond motifs is 1. The number of rotatable bonds is 5. The van der Waals surface area contributed by atoms with E-state index in [0.29, 0.717) is 23.6 Å². The second-order valence-electron chi connectivity index (χ2n) is 8.54. The summed E-state index contributed by atoms with van der Waals surface area (Å²) in [6, 6.07) is 27.2. The van der Waals surface area contributed by atoms with Crippen molar-refractivity contribution >= 4 is 33.9 Å². The van der Waals surface area contributed by atoms with Gasteiger partial charge in [-0.05, 0) is 42.3 Å². The van der Waals surface area contributed by atoms with Crippen molar-refractivity contribution in [2.45, 2.75) is 19.9 Å². The van der Waals surface area contributed by atoms with Gasteiger partial charge in [0.25, 0.3) is 11.7 Å². The Bertz CT molecular complexity index is 1480. The monoisotopic (exact) mass is 463 g/mol. The van der Waals surface area contributed by atoms with Crippen LogP contribution >= 0.6 is 0 Å². The van der Waals surface area contributed by atoms with Crippen LogP contribution in [0.5, 0.6) is 5.75 Å². The summed E-state index contributed by atoms with van der Waals surface area (Å²) in [5.41, 5.74) is 2.84. The first kappa shape index (κ1) is 22.4. The third-order valence-electron chi connectivity index (χ3n) is 6.25. The van der Waals surface area contributed by atoms with Gasteiger partial charge in [0.1, 0.15) is 11.5 Å². The predicted octanol–water partition coefficient (Wildman–Crippen LogP) is 6.17. The number of hydrogen-bond acceptors (Lipinski definition) is 4. The van der Waals surface area contributed by atoms with Gasteiger partial charge in [-0.1, -0.05) is 78.4 Å². The van der Waals surface area contributed by atoms with Crippen molar-refractivity contribution in [3.63, 3.8) is 0 Å². The number of carbonyl (C=O) groups excluding carboxylic acids is 2. The second kappa shape index (κ2) is 9.11. The van der Waals surface area contributed by atoms with Gasteiger partial charge in [0.05, 0.1) is 18.2 Å². The maximum atomic E-state index is 13.5. The molecule has 1 N–H and O–H groups in total. The Hall–Kier alpha value is -4.38. The van der Waals surface area contributed by atoms with Crippen LogP contribution < -0.4 is 9.64 Å². The molecule has 4 aromatic carbocycles. The maximum Gasteiger partial charge on any atom is 0.300 e. The molecule has 0 aliphatic carbocycles. The van der Waals surface area contributed by atoms with E-state index < -0.39 is 17.7 Å². The van der Waals surface area contributed by atoms with E-state index in [1.807, 2.05) is 74.5 Å². The van der Waals surface area contributed by atoms with Gasteiger partial charge in [0.15, 0.2) is 0 Å². The fourth-order valence-electron chi connectivity index (χ4n) is 4.72. The molecule has 5 rings (SSSR count). The summed E-state index contributed by atoms with van der Waals surface area (Å²) in [7, 11) is 0. The number of Topliss-reactive ketones (excluding diaryl/α,β-unsaturated/α-hetero) is 1. The van der Waals surface area contributed by atoms with Crippen LogP contribution in [0, 0.1) is 6.92 Å². The third-order valence-corrected chi connectivity index (χ3v) is 6.25. The number of benzene rings is 4. The fraction of sp³-hybridized carbons (Fsp3) is 0.133. The topological polar surface area (TPSA) is 66.8 Å². The molecule has 0 spiro atoms. The molecule has 1 fully saturated rings. The quantitative estimate of drug-likeness (QED) is 0.218. The van der Waals surface area contributed by atoms with Crippen LogP contribution in [0.1, 0.15) is 29.7 Å². The molecule has 1 heterocycles. The Morgan fingerprint density at radius 1 is 0.914 bits per heavy atom. The molecule has 1 aliphatic rings. The van der Waals surface area contributed by atoms with Crippen LogP contribution in [0.2, 0.25) is 0 Å². The maximum absolute atomic E-state index is 13.5. The zero-order valence-electron chi connectivity index (χ0n) is 19.6. The molecule has 5 heteroatoms. The van der Waals surface area contributed by atoms with E-state index in [2.05, 4.69) is 0 Å². The van der Waals surface area contributed by atoms with Gasteiger partial charge < -0.3 is 9.84 Å². The van der Waals surface area contributed by atoms with E-state index in [0.717, 1.165) is 21.9 Å². The van der Waals surface area contributed by atoms with E-state index in [9.17, 15) is 14.7 Å². The number of ketones is 1. The number of anilines is 1. The van der Waals surface area contributed by atoms with Crippen molar-refractivity contribution < 1.29 is 19.4 Å². The highest BCUT2D eigenvalue weighted by molar-refractivity contribution is 6.51. The Balaban J connectivity index is 1.76. The standard InChI is InChI=1S/C30H25NO4/c1-3-35-23-14-8-13-22(18-23)31-27(21-12-6-9-19(2)17-21)26(29(33)30(31)34)28(32)25-16-7-11-20-10-4-5-15-24(20)25/h4-18,27,32H,3H2,1-2H3/b28-26-. The highest BCUT2D eigenvalue weighted by atomic mass is 16.5. The normalized spacial score (nSPS) is 17.2. The number of aryl methyl sites for hydroxylation is 1. The average Bonchev–Trinajstić information content (AvgIpc) is 3.14. The minimum absolute atomic E-state index is 0.0683. The summed E-state index contributed by atoms with van der Waals surface area (Å²) >= 11 is 0. The highest BCUT2D eigenvalue weighted by Crippen LogP contribution is 2.43. The molecule has 5 nitrogen and oxygen atoms in total. The van der Waals surface area contributed by atoms with Gasteiger partial charge in [0.2, 0.25) is 0 Å². The van der Waals surface area contributed by atoms with Crippen molar-refractivity contribution in [3.8, 4) is 5.75 Å². The first-order valence-electron chi connectivity index (χ1n) is 11.6. The van der Waals surface area contributed by atoms with Crippen molar-refractivity contribution in [3.05, 3.63) is 113 Å². The van der Waals surface area contributed by atoms with Gasteiger partial charge in [-0.2, -0.15) is 0 Å². The number of hydrogen-bond donors (Lipinski definition) is 1. The van der Waals surface area contributed by atoms with Gasteiger partial charge in [-0.25, -0.2) is 0 Å². The second-order valence-corrected chi connectivity index (χ2v) is 8.54. The van der Waals surface area contributed by atoms with E-state index in [-0.39, 0.29) is 11.3 Å². The lowest BCUT2D eigenvalue weighted by molar-refractivity contribution is -0.132. The molecule has 0 bridgehead atoms. The zero-order chi connectivity index (χ0) is 24.5. The van der Waals surface area contributed by atoms with E-state index in [1.165, 1.54) is 4.90 Å². The molecule has 1 unspecified atom stereocenters. The van der Waals surface area contributed by atoms with E-state index >= 15 is 0 Å². The third kappa shape index (κ3) is 3.95. The Morgan fingerprint density at radius 3 is 2.46 bits per heavy atom. The van der Waals surface area contributed by atoms with Crippen LogP contribution in [-0.4, -0.2) is 23.4 Å². The van der Waals surface area contributed by atoms with Crippen LogP contribution in [0.25, 0.3) is 16.5 Å². The summed E-state index contributed by atoms with van der Waals surface area (Å²) < 4.78 is 5.64. The lowest BCUT2D eigenvalue weighted by atomic mass is 9.92. The Kier molecular flexibility index (Phi) is 5.83. The number of aliphatic hydroxyl groups is 1. The summed E-state index contributed by atoms with van der Waals surface area (Å²) in [5.74, 6) is -0.991. The summed E-state index contributed by atoms with van der Waals surface area (Å²) in [6.07, 6.45) is 0. The summed E-state index contributed by atoms with van der Waals surface area (Å²) in [4.78, 5) is 28.4. The molecule has 0 aromatic heterocycles. The minimum atomic E-state index is -0.786. The van der Waals surface area contributed by atoms with Gasteiger partial charge in [-0.15, -0.1) is 0 Å². The number of amides is 1. The molecular weight excluding hydrogens is 438 g/mol. The average molecular weight is 464 g/mol. The van der Waals surface area contributed by atoms with Crippen LogP contribution in [0.15, 0.2) is 96.6 Å². The largest absolute Gasteiger partial charge is 0.507 e. The smallest absolute Gasteiger partial charge is 0.300 e. The minimum Gasteiger partial charge on any atom is -0.507 e.